The highest BCUT2D eigenvalue weighted by molar-refractivity contribution is 14.1. The molecule has 4 nitrogen and oxygen atoms in total. The zero-order chi connectivity index (χ0) is 16.4. The van der Waals surface area contributed by atoms with Crippen molar-refractivity contribution in [3.8, 4) is 11.8 Å². The van der Waals surface area contributed by atoms with E-state index in [1.165, 1.54) is 7.11 Å². The van der Waals surface area contributed by atoms with Crippen LogP contribution in [0.4, 0.5) is 0 Å². The van der Waals surface area contributed by atoms with Crippen molar-refractivity contribution in [2.45, 2.75) is 6.92 Å². The van der Waals surface area contributed by atoms with E-state index in [0.29, 0.717) is 5.71 Å². The summed E-state index contributed by atoms with van der Waals surface area (Å²) in [6, 6.07) is 9.69. The number of nitrogens with zero attached hydrogens (tertiary/aromatic N) is 1. The molecule has 6 heteroatoms. The van der Waals surface area contributed by atoms with Gasteiger partial charge in [-0.3, -0.25) is 0 Å². The van der Waals surface area contributed by atoms with Crippen LogP contribution in [-0.2, 0) is 14.4 Å². The lowest BCUT2D eigenvalue weighted by Crippen LogP contribution is -2.31. The van der Waals surface area contributed by atoms with Crippen LogP contribution in [0.15, 0.2) is 35.5 Å². The van der Waals surface area contributed by atoms with Crippen molar-refractivity contribution in [2.24, 2.45) is 10.6 Å². The van der Waals surface area contributed by atoms with E-state index in [4.69, 9.17) is 4.84 Å². The van der Waals surface area contributed by atoms with Gasteiger partial charge in [-0.2, -0.15) is 0 Å². The number of rotatable bonds is 6. The third-order valence-corrected chi connectivity index (χ3v) is 6.19. The Labute approximate surface area is 158 Å². The molecule has 0 aliphatic heterocycles. The molecule has 1 rings (SSSR count). The standard InChI is InChI=1S/C16H17I2NO3/c1-16(11-17,12-18)14(19-22-10-15(20)21-2)9-8-13-6-4-3-5-7-13/h3-7H,10-12H2,1-2H3/b19-14+. The summed E-state index contributed by atoms with van der Waals surface area (Å²) in [5, 5.41) is 4.07. The molecule has 0 unspecified atom stereocenters. The number of halogens is 2. The average molecular weight is 525 g/mol. The summed E-state index contributed by atoms with van der Waals surface area (Å²) in [4.78, 5) is 16.2. The summed E-state index contributed by atoms with van der Waals surface area (Å²) in [5.41, 5.74) is 1.33. The number of hydrogen-bond donors (Lipinski definition) is 0. The minimum atomic E-state index is -0.468. The van der Waals surface area contributed by atoms with E-state index in [2.05, 4.69) is 73.8 Å². The second-order valence-corrected chi connectivity index (χ2v) is 6.26. The fourth-order valence-corrected chi connectivity index (χ4v) is 3.60. The van der Waals surface area contributed by atoms with Crippen LogP contribution in [-0.4, -0.2) is 34.3 Å². The lowest BCUT2D eigenvalue weighted by atomic mass is 9.90. The smallest absolute Gasteiger partial charge is 0.346 e. The Morgan fingerprint density at radius 1 is 1.27 bits per heavy atom. The number of alkyl halides is 2. The van der Waals surface area contributed by atoms with E-state index in [9.17, 15) is 4.79 Å². The van der Waals surface area contributed by atoms with Crippen LogP contribution in [0.5, 0.6) is 0 Å². The third kappa shape index (κ3) is 6.12. The summed E-state index contributed by atoms with van der Waals surface area (Å²) >= 11 is 4.62. The number of oxime groups is 1. The van der Waals surface area contributed by atoms with E-state index in [1.807, 2.05) is 30.3 Å². The molecule has 0 saturated carbocycles. The summed E-state index contributed by atoms with van der Waals surface area (Å²) in [5.74, 6) is 5.70. The lowest BCUT2D eigenvalue weighted by Gasteiger charge is -2.22. The van der Waals surface area contributed by atoms with E-state index in [0.717, 1.165) is 14.4 Å². The van der Waals surface area contributed by atoms with Crippen molar-refractivity contribution in [1.82, 2.24) is 0 Å². The van der Waals surface area contributed by atoms with E-state index in [1.54, 1.807) is 0 Å². The van der Waals surface area contributed by atoms with Crippen LogP contribution in [0.25, 0.3) is 0 Å². The minimum absolute atomic E-state index is 0.209. The number of carbonyl (C=O) groups is 1. The van der Waals surface area contributed by atoms with Gasteiger partial charge < -0.3 is 9.57 Å². The second kappa shape index (κ2) is 10.0. The van der Waals surface area contributed by atoms with Crippen molar-refractivity contribution in [3.05, 3.63) is 35.9 Å². The summed E-state index contributed by atoms with van der Waals surface area (Å²) in [7, 11) is 1.31. The molecule has 1 aromatic carbocycles. The Hall–Kier alpha value is -0.820. The van der Waals surface area contributed by atoms with Crippen LogP contribution < -0.4 is 0 Å². The van der Waals surface area contributed by atoms with Gasteiger partial charge in [0.25, 0.3) is 0 Å². The van der Waals surface area contributed by atoms with Gasteiger partial charge in [0.1, 0.15) is 5.71 Å². The average Bonchev–Trinajstić information content (AvgIpc) is 2.57. The fourth-order valence-electron chi connectivity index (χ4n) is 1.31. The van der Waals surface area contributed by atoms with Crippen molar-refractivity contribution in [1.29, 1.82) is 0 Å². The van der Waals surface area contributed by atoms with Crippen molar-refractivity contribution in [2.75, 3.05) is 22.6 Å². The van der Waals surface area contributed by atoms with E-state index in [-0.39, 0.29) is 12.0 Å². The molecule has 0 N–H and O–H groups in total. The molecular formula is C16H17I2NO3. The molecule has 1 aromatic rings. The van der Waals surface area contributed by atoms with Gasteiger partial charge in [0.2, 0.25) is 6.61 Å². The number of methoxy groups -OCH3 is 1. The van der Waals surface area contributed by atoms with E-state index >= 15 is 0 Å². The maximum atomic E-state index is 11.1. The number of benzene rings is 1. The van der Waals surface area contributed by atoms with Crippen molar-refractivity contribution < 1.29 is 14.4 Å². The minimum Gasteiger partial charge on any atom is -0.466 e. The van der Waals surface area contributed by atoms with Gasteiger partial charge >= 0.3 is 5.97 Å². The maximum Gasteiger partial charge on any atom is 0.346 e. The quantitative estimate of drug-likeness (QED) is 0.143. The van der Waals surface area contributed by atoms with E-state index < -0.39 is 5.97 Å². The largest absolute Gasteiger partial charge is 0.466 e. The Morgan fingerprint density at radius 3 is 2.45 bits per heavy atom. The molecule has 22 heavy (non-hydrogen) atoms. The normalized spacial score (nSPS) is 11.4. The molecule has 0 amide bonds. The van der Waals surface area contributed by atoms with Gasteiger partial charge in [0, 0.05) is 19.8 Å². The summed E-state index contributed by atoms with van der Waals surface area (Å²) in [6.45, 7) is 1.86. The molecular weight excluding hydrogens is 508 g/mol. The first-order valence-electron chi connectivity index (χ1n) is 6.52. The fraction of sp³-hybridized carbons (Fsp3) is 0.375. The molecule has 0 aliphatic rings. The van der Waals surface area contributed by atoms with Gasteiger partial charge in [-0.25, -0.2) is 4.79 Å². The predicted molar refractivity (Wildman–Crippen MR) is 105 cm³/mol. The van der Waals surface area contributed by atoms with Crippen LogP contribution in [0, 0.1) is 17.3 Å². The number of ether oxygens (including phenoxy) is 1. The Kier molecular flexibility index (Phi) is 8.78. The highest BCUT2D eigenvalue weighted by Gasteiger charge is 2.28. The second-order valence-electron chi connectivity index (χ2n) is 4.73. The van der Waals surface area contributed by atoms with Gasteiger partial charge in [-0.1, -0.05) is 81.4 Å². The SMILES string of the molecule is COC(=O)CO/N=C(\C#Cc1ccccc1)C(C)(CI)CI. The molecule has 0 heterocycles. The monoisotopic (exact) mass is 525 g/mol. The number of esters is 1. The molecule has 0 saturated heterocycles. The predicted octanol–water partition coefficient (Wildman–Crippen LogP) is 3.46. The first-order chi connectivity index (χ1) is 10.6. The molecule has 0 bridgehead atoms. The van der Waals surface area contributed by atoms with Gasteiger partial charge in [-0.05, 0) is 18.1 Å². The Morgan fingerprint density at radius 2 is 1.91 bits per heavy atom. The number of carbonyl (C=O) groups excluding carboxylic acids is 1. The van der Waals surface area contributed by atoms with Crippen molar-refractivity contribution >= 4 is 56.9 Å². The number of hydrogen-bond acceptors (Lipinski definition) is 4. The lowest BCUT2D eigenvalue weighted by molar-refractivity contribution is -0.145. The molecule has 0 spiro atoms. The van der Waals surface area contributed by atoms with Gasteiger partial charge in [0.15, 0.2) is 0 Å². The molecule has 0 fully saturated rings. The van der Waals surface area contributed by atoms with Crippen LogP contribution in [0.3, 0.4) is 0 Å². The van der Waals surface area contributed by atoms with Gasteiger partial charge in [0.05, 0.1) is 7.11 Å². The molecule has 118 valence electrons. The molecule has 0 aliphatic carbocycles. The van der Waals surface area contributed by atoms with Gasteiger partial charge in [-0.15, -0.1) is 0 Å². The highest BCUT2D eigenvalue weighted by atomic mass is 127. The zero-order valence-electron chi connectivity index (χ0n) is 12.4. The Bertz CT molecular complexity index is 572. The summed E-state index contributed by atoms with van der Waals surface area (Å²) in [6.07, 6.45) is 0. The highest BCUT2D eigenvalue weighted by Crippen LogP contribution is 2.25. The molecule has 0 radical (unpaired) electrons. The molecule has 0 atom stereocenters. The van der Waals surface area contributed by atoms with Crippen LogP contribution in [0.1, 0.15) is 12.5 Å². The summed E-state index contributed by atoms with van der Waals surface area (Å²) < 4.78 is 6.22. The zero-order valence-corrected chi connectivity index (χ0v) is 16.8. The van der Waals surface area contributed by atoms with Crippen LogP contribution >= 0.6 is 45.2 Å². The Balaban J connectivity index is 2.99. The van der Waals surface area contributed by atoms with Crippen molar-refractivity contribution in [3.63, 3.8) is 0 Å². The topological polar surface area (TPSA) is 47.9 Å². The third-order valence-electron chi connectivity index (χ3n) is 2.83. The van der Waals surface area contributed by atoms with Crippen LogP contribution in [0.2, 0.25) is 0 Å². The molecule has 0 aromatic heterocycles. The first-order valence-corrected chi connectivity index (χ1v) is 9.57. The maximum absolute atomic E-state index is 11.1. The first kappa shape index (κ1) is 19.2.